The van der Waals surface area contributed by atoms with Crippen LogP contribution in [0.1, 0.15) is 26.2 Å². The zero-order valence-corrected chi connectivity index (χ0v) is 9.17. The molecule has 0 nitrogen and oxygen atoms in total. The van der Waals surface area contributed by atoms with Crippen molar-refractivity contribution < 1.29 is 0 Å². The van der Waals surface area contributed by atoms with Crippen LogP contribution in [-0.2, 0) is 0 Å². The van der Waals surface area contributed by atoms with E-state index in [1.54, 1.807) is 4.44 Å². The van der Waals surface area contributed by atoms with E-state index in [-0.39, 0.29) is 21.1 Å². The van der Waals surface area contributed by atoms with Crippen molar-refractivity contribution in [1.82, 2.24) is 0 Å². The van der Waals surface area contributed by atoms with Crippen molar-refractivity contribution in [3.63, 3.8) is 0 Å². The van der Waals surface area contributed by atoms with Gasteiger partial charge in [-0.25, -0.2) is 0 Å². The molecular formula is C8H16Sn. The number of rotatable bonds is 6. The molecule has 0 spiro atoms. The molecule has 0 saturated heterocycles. The molecule has 0 heterocycles. The van der Waals surface area contributed by atoms with Gasteiger partial charge in [-0.05, 0) is 0 Å². The monoisotopic (exact) mass is 232 g/mol. The fourth-order valence-corrected chi connectivity index (χ4v) is 4.23. The van der Waals surface area contributed by atoms with Gasteiger partial charge in [0.1, 0.15) is 0 Å². The van der Waals surface area contributed by atoms with Gasteiger partial charge < -0.3 is 0 Å². The van der Waals surface area contributed by atoms with Crippen molar-refractivity contribution >= 4 is 21.1 Å². The van der Waals surface area contributed by atoms with Gasteiger partial charge in [-0.1, -0.05) is 0 Å². The Labute approximate surface area is 68.9 Å². The van der Waals surface area contributed by atoms with Crippen molar-refractivity contribution in [3.05, 3.63) is 12.7 Å². The Kier molecular flexibility index (Phi) is 9.05. The van der Waals surface area contributed by atoms with Crippen LogP contribution < -0.4 is 0 Å². The third-order valence-corrected chi connectivity index (χ3v) is 5.08. The molecule has 0 aromatic heterocycles. The Morgan fingerprint density at radius 1 is 1.44 bits per heavy atom. The summed E-state index contributed by atoms with van der Waals surface area (Å²) in [5.74, 6) is 0. The Bertz CT molecular complexity index is 59.6. The number of hydrogen-bond acceptors (Lipinski definition) is 0. The summed E-state index contributed by atoms with van der Waals surface area (Å²) in [6.45, 7) is 5.98. The second kappa shape index (κ2) is 8.54. The molecule has 52 valence electrons. The van der Waals surface area contributed by atoms with Crippen LogP contribution in [0.2, 0.25) is 8.87 Å². The predicted molar refractivity (Wildman–Crippen MR) is 45.1 cm³/mol. The fraction of sp³-hybridized carbons (Fsp3) is 0.750. The average Bonchev–Trinajstić information content (AvgIpc) is 1.89. The predicted octanol–water partition coefficient (Wildman–Crippen LogP) is 2.90. The van der Waals surface area contributed by atoms with E-state index in [1.165, 1.54) is 23.7 Å². The summed E-state index contributed by atoms with van der Waals surface area (Å²) in [5, 5.41) is 0. The van der Waals surface area contributed by atoms with Crippen molar-refractivity contribution in [2.24, 2.45) is 0 Å². The standard InChI is InChI=1S/C4H9.C4H7.Sn/c2*1-3-4-2;/h1,3-4H2,2H3;3H,1-2,4H2;. The maximum atomic E-state index is 3.71. The first-order chi connectivity index (χ1) is 4.41. The molecule has 0 aliphatic rings. The first-order valence-corrected chi connectivity index (χ1v) is 7.77. The van der Waals surface area contributed by atoms with E-state index in [9.17, 15) is 0 Å². The zero-order chi connectivity index (χ0) is 6.95. The number of unbranched alkanes of at least 4 members (excludes halogenated alkanes) is 1. The van der Waals surface area contributed by atoms with Crippen molar-refractivity contribution in [2.75, 3.05) is 0 Å². The van der Waals surface area contributed by atoms with E-state index < -0.39 is 0 Å². The quantitative estimate of drug-likeness (QED) is 0.374. The summed E-state index contributed by atoms with van der Waals surface area (Å²) in [6.07, 6.45) is 6.18. The third kappa shape index (κ3) is 8.54. The Morgan fingerprint density at radius 2 is 2.22 bits per heavy atom. The summed E-state index contributed by atoms with van der Waals surface area (Å²) >= 11 is 0.0782. The van der Waals surface area contributed by atoms with Gasteiger partial charge in [0.15, 0.2) is 0 Å². The molecule has 0 aliphatic heterocycles. The second-order valence-electron chi connectivity index (χ2n) is 2.18. The van der Waals surface area contributed by atoms with Gasteiger partial charge in [0.25, 0.3) is 0 Å². The van der Waals surface area contributed by atoms with Crippen LogP contribution in [-0.4, -0.2) is 21.1 Å². The minimum absolute atomic E-state index is 0.0782. The van der Waals surface area contributed by atoms with Crippen molar-refractivity contribution in [1.29, 1.82) is 0 Å². The third-order valence-electron chi connectivity index (χ3n) is 1.23. The zero-order valence-electron chi connectivity index (χ0n) is 6.32. The molecule has 0 aromatic carbocycles. The molecule has 0 atom stereocenters. The number of allylic oxidation sites excluding steroid dienone is 1. The van der Waals surface area contributed by atoms with Crippen LogP contribution in [0.25, 0.3) is 0 Å². The van der Waals surface area contributed by atoms with Crippen LogP contribution in [0, 0.1) is 0 Å². The summed E-state index contributed by atoms with van der Waals surface area (Å²) in [5.41, 5.74) is 0. The molecule has 0 aliphatic carbocycles. The van der Waals surface area contributed by atoms with Gasteiger partial charge in [0, 0.05) is 0 Å². The summed E-state index contributed by atoms with van der Waals surface area (Å²) in [4.78, 5) is 0. The van der Waals surface area contributed by atoms with Gasteiger partial charge in [-0.2, -0.15) is 0 Å². The minimum atomic E-state index is 0.0782. The molecule has 9 heavy (non-hydrogen) atoms. The van der Waals surface area contributed by atoms with E-state index in [2.05, 4.69) is 13.5 Å². The summed E-state index contributed by atoms with van der Waals surface area (Å²) in [6, 6.07) is 0. The van der Waals surface area contributed by atoms with Crippen LogP contribution in [0.5, 0.6) is 0 Å². The van der Waals surface area contributed by atoms with Gasteiger partial charge in [-0.3, -0.25) is 0 Å². The van der Waals surface area contributed by atoms with Crippen LogP contribution in [0.4, 0.5) is 0 Å². The molecule has 0 saturated carbocycles. The maximum absolute atomic E-state index is 3.71. The molecule has 0 fully saturated rings. The van der Waals surface area contributed by atoms with E-state index in [0.29, 0.717) is 0 Å². The molecular weight excluding hydrogens is 215 g/mol. The van der Waals surface area contributed by atoms with E-state index in [0.717, 1.165) is 0 Å². The Morgan fingerprint density at radius 3 is 2.78 bits per heavy atom. The Balaban J connectivity index is 2.66. The SMILES string of the molecule is C=CC[CH2][Sn][CH2]CCC. The molecule has 0 rings (SSSR count). The van der Waals surface area contributed by atoms with Crippen LogP contribution in [0.15, 0.2) is 12.7 Å². The normalized spacial score (nSPS) is 9.44. The summed E-state index contributed by atoms with van der Waals surface area (Å²) in [7, 11) is 0. The fourth-order valence-electron chi connectivity index (χ4n) is 0.631. The molecule has 1 heteroatoms. The van der Waals surface area contributed by atoms with Crippen molar-refractivity contribution in [3.8, 4) is 0 Å². The second-order valence-corrected chi connectivity index (χ2v) is 6.46. The van der Waals surface area contributed by atoms with Crippen LogP contribution >= 0.6 is 0 Å². The topological polar surface area (TPSA) is 0 Å². The molecule has 0 aromatic rings. The van der Waals surface area contributed by atoms with Gasteiger partial charge in [0.05, 0.1) is 0 Å². The van der Waals surface area contributed by atoms with Gasteiger partial charge in [0.2, 0.25) is 0 Å². The first-order valence-electron chi connectivity index (χ1n) is 3.73. The van der Waals surface area contributed by atoms with E-state index in [1.807, 2.05) is 6.08 Å². The molecule has 0 unspecified atom stereocenters. The van der Waals surface area contributed by atoms with E-state index in [4.69, 9.17) is 0 Å². The molecule has 2 radical (unpaired) electrons. The number of hydrogen-bond donors (Lipinski definition) is 0. The van der Waals surface area contributed by atoms with Crippen molar-refractivity contribution in [2.45, 2.75) is 35.1 Å². The van der Waals surface area contributed by atoms with E-state index >= 15 is 0 Å². The molecule has 0 N–H and O–H groups in total. The van der Waals surface area contributed by atoms with Gasteiger partial charge >= 0.3 is 68.9 Å². The molecule has 0 amide bonds. The van der Waals surface area contributed by atoms with Gasteiger partial charge in [-0.15, -0.1) is 0 Å². The summed E-state index contributed by atoms with van der Waals surface area (Å²) < 4.78 is 3.08. The Hall–Kier alpha value is 0.539. The molecule has 0 bridgehead atoms. The first kappa shape index (κ1) is 9.54. The average molecular weight is 231 g/mol. The van der Waals surface area contributed by atoms with Crippen LogP contribution in [0.3, 0.4) is 0 Å².